The van der Waals surface area contributed by atoms with Gasteiger partial charge in [0.25, 0.3) is 5.91 Å². The molecule has 2 aromatic rings. The number of hydrogen-bond donors (Lipinski definition) is 1. The van der Waals surface area contributed by atoms with E-state index in [4.69, 9.17) is 4.74 Å². The largest absolute Gasteiger partial charge is 0.383 e. The van der Waals surface area contributed by atoms with Gasteiger partial charge in [0, 0.05) is 57.9 Å². The maximum atomic E-state index is 13.1. The molecule has 1 N–H and O–H groups in total. The number of nitrogens with one attached hydrogen (secondary N) is 1. The van der Waals surface area contributed by atoms with Crippen molar-refractivity contribution in [3.63, 3.8) is 0 Å². The van der Waals surface area contributed by atoms with E-state index >= 15 is 0 Å². The van der Waals surface area contributed by atoms with Crippen molar-refractivity contribution in [2.45, 2.75) is 0 Å². The predicted molar refractivity (Wildman–Crippen MR) is 99.1 cm³/mol. The first-order valence-electron chi connectivity index (χ1n) is 8.65. The minimum absolute atomic E-state index is 0.0216. The van der Waals surface area contributed by atoms with E-state index in [1.54, 1.807) is 31.6 Å². The van der Waals surface area contributed by atoms with Crippen LogP contribution in [0.4, 0.5) is 15.8 Å². The Hall–Kier alpha value is -2.67. The molecule has 3 rings (SSSR count). The summed E-state index contributed by atoms with van der Waals surface area (Å²) in [5.41, 5.74) is 2.35. The molecule has 0 saturated carbocycles. The topological polar surface area (TPSA) is 57.7 Å². The number of methoxy groups -OCH3 is 1. The number of hydrogen-bond acceptors (Lipinski definition) is 5. The van der Waals surface area contributed by atoms with Crippen molar-refractivity contribution in [3.8, 4) is 0 Å². The first kappa shape index (κ1) is 18.1. The average Bonchev–Trinajstić information content (AvgIpc) is 2.69. The van der Waals surface area contributed by atoms with E-state index in [0.29, 0.717) is 31.8 Å². The molecule has 0 spiro atoms. The number of benzene rings is 1. The molecule has 7 heteroatoms. The van der Waals surface area contributed by atoms with Gasteiger partial charge in [-0.1, -0.05) is 0 Å². The molecule has 6 nitrogen and oxygen atoms in total. The van der Waals surface area contributed by atoms with Gasteiger partial charge in [-0.25, -0.2) is 4.39 Å². The number of ether oxygens (including phenoxy) is 1. The molecule has 2 heterocycles. The molecule has 0 bridgehead atoms. The number of rotatable bonds is 6. The third kappa shape index (κ3) is 4.49. The van der Waals surface area contributed by atoms with Crippen molar-refractivity contribution < 1.29 is 13.9 Å². The van der Waals surface area contributed by atoms with Gasteiger partial charge in [0.15, 0.2) is 0 Å². The molecule has 0 radical (unpaired) electrons. The number of aromatic nitrogens is 1. The summed E-state index contributed by atoms with van der Waals surface area (Å²) in [6.07, 6.45) is 3.29. The maximum Gasteiger partial charge on any atom is 0.255 e. The van der Waals surface area contributed by atoms with Crippen LogP contribution in [0.25, 0.3) is 0 Å². The Morgan fingerprint density at radius 3 is 2.62 bits per heavy atom. The Morgan fingerprint density at radius 1 is 1.19 bits per heavy atom. The van der Waals surface area contributed by atoms with Crippen LogP contribution in [0.3, 0.4) is 0 Å². The monoisotopic (exact) mass is 358 g/mol. The lowest BCUT2D eigenvalue weighted by Crippen LogP contribution is -2.48. The second-order valence-corrected chi connectivity index (χ2v) is 6.14. The maximum absolute atomic E-state index is 13.1. The van der Waals surface area contributed by atoms with Crippen LogP contribution in [-0.2, 0) is 4.74 Å². The Morgan fingerprint density at radius 2 is 1.92 bits per heavy atom. The molecular formula is C19H23FN4O2. The normalized spacial score (nSPS) is 14.4. The van der Waals surface area contributed by atoms with Gasteiger partial charge in [0.2, 0.25) is 0 Å². The van der Waals surface area contributed by atoms with E-state index in [2.05, 4.69) is 15.2 Å². The molecule has 1 aromatic carbocycles. The second kappa shape index (κ2) is 8.62. The highest BCUT2D eigenvalue weighted by Crippen LogP contribution is 2.18. The van der Waals surface area contributed by atoms with Crippen LogP contribution in [-0.4, -0.2) is 62.2 Å². The zero-order valence-electron chi connectivity index (χ0n) is 14.8. The van der Waals surface area contributed by atoms with Crippen LogP contribution in [0.5, 0.6) is 0 Å². The van der Waals surface area contributed by atoms with Gasteiger partial charge in [-0.05, 0) is 30.3 Å². The van der Waals surface area contributed by atoms with Gasteiger partial charge in [-0.2, -0.15) is 0 Å². The summed E-state index contributed by atoms with van der Waals surface area (Å²) in [6.45, 7) is 3.93. The van der Waals surface area contributed by atoms with Gasteiger partial charge in [0.1, 0.15) is 5.82 Å². The van der Waals surface area contributed by atoms with Gasteiger partial charge in [0.05, 0.1) is 17.9 Å². The fraction of sp³-hybridized carbons (Fsp3) is 0.368. The molecule has 1 aromatic heterocycles. The van der Waals surface area contributed by atoms with Gasteiger partial charge >= 0.3 is 0 Å². The molecule has 26 heavy (non-hydrogen) atoms. The fourth-order valence-corrected chi connectivity index (χ4v) is 2.95. The molecule has 0 unspecified atom stereocenters. The number of anilines is 2. The highest BCUT2D eigenvalue weighted by Gasteiger charge is 2.22. The Balaban J connectivity index is 1.58. The van der Waals surface area contributed by atoms with E-state index in [-0.39, 0.29) is 11.7 Å². The lowest BCUT2D eigenvalue weighted by molar-refractivity contribution is 0.0746. The highest BCUT2D eigenvalue weighted by atomic mass is 19.1. The van der Waals surface area contributed by atoms with Crippen LogP contribution >= 0.6 is 0 Å². The van der Waals surface area contributed by atoms with Crippen molar-refractivity contribution in [1.29, 1.82) is 0 Å². The van der Waals surface area contributed by atoms with Gasteiger partial charge < -0.3 is 19.9 Å². The molecule has 1 aliphatic rings. The predicted octanol–water partition coefficient (Wildman–Crippen LogP) is 2.24. The van der Waals surface area contributed by atoms with Gasteiger partial charge in [-0.15, -0.1) is 0 Å². The number of nitrogens with zero attached hydrogens (tertiary/aromatic N) is 3. The number of pyridine rings is 1. The zero-order chi connectivity index (χ0) is 18.4. The SMILES string of the molecule is COCCNc1cncc(C(=O)N2CCN(c3ccc(F)cc3)CC2)c1. The first-order valence-corrected chi connectivity index (χ1v) is 8.65. The summed E-state index contributed by atoms with van der Waals surface area (Å²) >= 11 is 0. The van der Waals surface area contributed by atoms with E-state index in [1.807, 2.05) is 11.0 Å². The molecule has 1 fully saturated rings. The number of carbonyl (C=O) groups is 1. The highest BCUT2D eigenvalue weighted by molar-refractivity contribution is 5.95. The Labute approximate surface area is 152 Å². The summed E-state index contributed by atoms with van der Waals surface area (Å²) in [6, 6.07) is 8.27. The first-order chi connectivity index (χ1) is 12.7. The Bertz CT molecular complexity index is 731. The minimum Gasteiger partial charge on any atom is -0.383 e. The molecule has 0 atom stereocenters. The molecule has 138 valence electrons. The van der Waals surface area contributed by atoms with Crippen LogP contribution < -0.4 is 10.2 Å². The van der Waals surface area contributed by atoms with Crippen LogP contribution in [0.15, 0.2) is 42.7 Å². The lowest BCUT2D eigenvalue weighted by Gasteiger charge is -2.36. The quantitative estimate of drug-likeness (QED) is 0.803. The van der Waals surface area contributed by atoms with Crippen molar-refractivity contribution in [3.05, 3.63) is 54.1 Å². The summed E-state index contributed by atoms with van der Waals surface area (Å²) in [7, 11) is 1.64. The van der Waals surface area contributed by atoms with Crippen LogP contribution in [0.1, 0.15) is 10.4 Å². The van der Waals surface area contributed by atoms with E-state index < -0.39 is 0 Å². The number of carbonyl (C=O) groups excluding carboxylic acids is 1. The standard InChI is InChI=1S/C19H23FN4O2/c1-26-11-6-22-17-12-15(13-21-14-17)19(25)24-9-7-23(8-10-24)18-4-2-16(20)3-5-18/h2-5,12-14,22H,6-11H2,1H3. The zero-order valence-corrected chi connectivity index (χ0v) is 14.8. The van der Waals surface area contributed by atoms with Crippen LogP contribution in [0, 0.1) is 5.82 Å². The average molecular weight is 358 g/mol. The second-order valence-electron chi connectivity index (χ2n) is 6.14. The summed E-state index contributed by atoms with van der Waals surface area (Å²) < 4.78 is 18.1. The van der Waals surface area contributed by atoms with Crippen molar-refractivity contribution >= 4 is 17.3 Å². The third-order valence-corrected chi connectivity index (χ3v) is 4.38. The molecular weight excluding hydrogens is 335 g/mol. The summed E-state index contributed by atoms with van der Waals surface area (Å²) in [4.78, 5) is 20.9. The van der Waals surface area contributed by atoms with E-state index in [0.717, 1.165) is 24.5 Å². The summed E-state index contributed by atoms with van der Waals surface area (Å²) in [5, 5.41) is 3.18. The molecule has 0 aliphatic carbocycles. The molecule has 1 aliphatic heterocycles. The summed E-state index contributed by atoms with van der Waals surface area (Å²) in [5.74, 6) is -0.263. The minimum atomic E-state index is -0.242. The third-order valence-electron chi connectivity index (χ3n) is 4.38. The van der Waals surface area contributed by atoms with Crippen molar-refractivity contribution in [2.75, 3.05) is 56.7 Å². The molecule has 1 saturated heterocycles. The van der Waals surface area contributed by atoms with Crippen molar-refractivity contribution in [2.24, 2.45) is 0 Å². The number of piperazine rings is 1. The van der Waals surface area contributed by atoms with Crippen LogP contribution in [0.2, 0.25) is 0 Å². The lowest BCUT2D eigenvalue weighted by atomic mass is 10.2. The van der Waals surface area contributed by atoms with Crippen molar-refractivity contribution in [1.82, 2.24) is 9.88 Å². The molecule has 1 amide bonds. The number of halogens is 1. The fourth-order valence-electron chi connectivity index (χ4n) is 2.95. The van der Waals surface area contributed by atoms with Gasteiger partial charge in [-0.3, -0.25) is 9.78 Å². The Kier molecular flexibility index (Phi) is 6.01. The van der Waals surface area contributed by atoms with E-state index in [9.17, 15) is 9.18 Å². The van der Waals surface area contributed by atoms with E-state index in [1.165, 1.54) is 12.1 Å². The smallest absolute Gasteiger partial charge is 0.255 e. The number of amides is 1.